The van der Waals surface area contributed by atoms with Crippen molar-refractivity contribution in [2.24, 2.45) is 0 Å². The van der Waals surface area contributed by atoms with Gasteiger partial charge in [-0.2, -0.15) is 0 Å². The van der Waals surface area contributed by atoms with Gasteiger partial charge < -0.3 is 5.11 Å². The number of hydrogen-bond donors (Lipinski definition) is 2. The normalized spacial score (nSPS) is 13.0. The van der Waals surface area contributed by atoms with Crippen LogP contribution in [0.2, 0.25) is 0 Å². The Kier molecular flexibility index (Phi) is 6.04. The molecule has 0 saturated heterocycles. The minimum absolute atomic E-state index is 0.0803. The first-order chi connectivity index (χ1) is 12.6. The number of nitrogens with one attached hydrogen (secondary N) is 1. The molecule has 0 radical (unpaired) electrons. The lowest BCUT2D eigenvalue weighted by Crippen LogP contribution is -2.26. The first-order valence-corrected chi connectivity index (χ1v) is 10.2. The van der Waals surface area contributed by atoms with Crippen LogP contribution >= 0.6 is 0 Å². The lowest BCUT2D eigenvalue weighted by Gasteiger charge is -2.17. The monoisotopic (exact) mass is 369 g/mol. The summed E-state index contributed by atoms with van der Waals surface area (Å²) in [6, 6.07) is 22.7. The van der Waals surface area contributed by atoms with Gasteiger partial charge in [-0.3, -0.25) is 0 Å². The quantitative estimate of drug-likeness (QED) is 0.637. The average Bonchev–Trinajstić information content (AvgIpc) is 2.67. The molecule has 3 aromatic rings. The summed E-state index contributed by atoms with van der Waals surface area (Å²) in [5.41, 5.74) is 1.12. The van der Waals surface area contributed by atoms with E-state index in [9.17, 15) is 13.5 Å². The second-order valence-electron chi connectivity index (χ2n) is 6.32. The van der Waals surface area contributed by atoms with E-state index in [0.29, 0.717) is 19.4 Å². The zero-order chi connectivity index (χ0) is 18.4. The summed E-state index contributed by atoms with van der Waals surface area (Å²) < 4.78 is 27.9. The summed E-state index contributed by atoms with van der Waals surface area (Å²) in [5, 5.41) is 11.2. The van der Waals surface area contributed by atoms with Gasteiger partial charge in [-0.05, 0) is 47.2 Å². The van der Waals surface area contributed by atoms with Crippen molar-refractivity contribution in [3.63, 3.8) is 0 Å². The highest BCUT2D eigenvalue weighted by atomic mass is 32.2. The van der Waals surface area contributed by atoms with Gasteiger partial charge in [0.25, 0.3) is 0 Å². The standard InChI is InChI=1S/C21H23NO3S/c23-15-13-19(17-6-2-1-3-7-17)12-14-22-26(24,25)21-11-10-18-8-4-5-9-20(18)16-21/h1-11,16,19,22-23H,12-15H2. The van der Waals surface area contributed by atoms with Gasteiger partial charge in [-0.15, -0.1) is 0 Å². The Balaban J connectivity index is 1.68. The molecular weight excluding hydrogens is 346 g/mol. The van der Waals surface area contributed by atoms with Gasteiger partial charge >= 0.3 is 0 Å². The number of benzene rings is 3. The maximum absolute atomic E-state index is 12.6. The Hall–Kier alpha value is -2.21. The first kappa shape index (κ1) is 18.6. The maximum Gasteiger partial charge on any atom is 0.240 e. The second-order valence-corrected chi connectivity index (χ2v) is 8.08. The molecular formula is C21H23NO3S. The molecule has 0 saturated carbocycles. The molecule has 1 unspecified atom stereocenters. The Bertz CT molecular complexity index is 955. The number of hydrogen-bond acceptors (Lipinski definition) is 3. The van der Waals surface area contributed by atoms with Crippen LogP contribution in [-0.2, 0) is 10.0 Å². The number of sulfonamides is 1. The van der Waals surface area contributed by atoms with Crippen molar-refractivity contribution in [3.8, 4) is 0 Å². The molecule has 26 heavy (non-hydrogen) atoms. The predicted molar refractivity (Wildman–Crippen MR) is 105 cm³/mol. The SMILES string of the molecule is O=S(=O)(NCCC(CCO)c1ccccc1)c1ccc2ccccc2c1. The molecule has 5 heteroatoms. The Morgan fingerprint density at radius 3 is 2.27 bits per heavy atom. The lowest BCUT2D eigenvalue weighted by atomic mass is 9.93. The highest BCUT2D eigenvalue weighted by Crippen LogP contribution is 2.23. The van der Waals surface area contributed by atoms with Gasteiger partial charge in [0.05, 0.1) is 4.90 Å². The van der Waals surface area contributed by atoms with E-state index in [1.807, 2.05) is 60.7 Å². The van der Waals surface area contributed by atoms with Crippen LogP contribution in [-0.4, -0.2) is 26.7 Å². The third-order valence-corrected chi connectivity index (χ3v) is 6.02. The third kappa shape index (κ3) is 4.49. The average molecular weight is 369 g/mol. The van der Waals surface area contributed by atoms with Crippen molar-refractivity contribution < 1.29 is 13.5 Å². The molecule has 0 amide bonds. The fourth-order valence-corrected chi connectivity index (χ4v) is 4.23. The van der Waals surface area contributed by atoms with E-state index in [1.54, 1.807) is 12.1 Å². The number of aliphatic hydroxyl groups excluding tert-OH is 1. The molecule has 3 rings (SSSR count). The van der Waals surface area contributed by atoms with Gasteiger partial charge in [0, 0.05) is 13.2 Å². The topological polar surface area (TPSA) is 66.4 Å². The van der Waals surface area contributed by atoms with Crippen molar-refractivity contribution in [1.82, 2.24) is 4.72 Å². The van der Waals surface area contributed by atoms with E-state index in [4.69, 9.17) is 0 Å². The molecule has 1 atom stereocenters. The zero-order valence-electron chi connectivity index (χ0n) is 14.5. The minimum atomic E-state index is -3.56. The number of fused-ring (bicyclic) bond motifs is 1. The number of aliphatic hydroxyl groups is 1. The molecule has 0 fully saturated rings. The van der Waals surface area contributed by atoms with Crippen LogP contribution in [0, 0.1) is 0 Å². The fourth-order valence-electron chi connectivity index (χ4n) is 3.14. The van der Waals surface area contributed by atoms with E-state index in [-0.39, 0.29) is 17.4 Å². The molecule has 0 aliphatic heterocycles. The summed E-state index contributed by atoms with van der Waals surface area (Å²) in [7, 11) is -3.56. The van der Waals surface area contributed by atoms with Crippen LogP contribution < -0.4 is 4.72 Å². The summed E-state index contributed by atoms with van der Waals surface area (Å²) in [6.07, 6.45) is 1.25. The second kappa shape index (κ2) is 8.45. The van der Waals surface area contributed by atoms with Crippen LogP contribution in [0.5, 0.6) is 0 Å². The summed E-state index contributed by atoms with van der Waals surface area (Å²) in [6.45, 7) is 0.408. The zero-order valence-corrected chi connectivity index (χ0v) is 15.3. The Morgan fingerprint density at radius 1 is 0.846 bits per heavy atom. The van der Waals surface area contributed by atoms with E-state index >= 15 is 0 Å². The smallest absolute Gasteiger partial charge is 0.240 e. The highest BCUT2D eigenvalue weighted by Gasteiger charge is 2.16. The summed E-state index contributed by atoms with van der Waals surface area (Å²) in [4.78, 5) is 0.273. The van der Waals surface area contributed by atoms with Gasteiger partial charge in [0.1, 0.15) is 0 Å². The van der Waals surface area contributed by atoms with E-state index in [1.165, 1.54) is 0 Å². The van der Waals surface area contributed by atoms with E-state index in [2.05, 4.69) is 4.72 Å². The van der Waals surface area contributed by atoms with Crippen LogP contribution in [0.3, 0.4) is 0 Å². The van der Waals surface area contributed by atoms with Gasteiger partial charge in [-0.1, -0.05) is 60.7 Å². The summed E-state index contributed by atoms with van der Waals surface area (Å²) >= 11 is 0. The molecule has 0 aliphatic rings. The van der Waals surface area contributed by atoms with E-state index in [0.717, 1.165) is 16.3 Å². The van der Waals surface area contributed by atoms with E-state index < -0.39 is 10.0 Å². The number of rotatable bonds is 8. The minimum Gasteiger partial charge on any atom is -0.396 e. The third-order valence-electron chi connectivity index (χ3n) is 4.56. The molecule has 2 N–H and O–H groups in total. The van der Waals surface area contributed by atoms with Crippen LogP contribution in [0.15, 0.2) is 77.7 Å². The van der Waals surface area contributed by atoms with Crippen LogP contribution in [0.25, 0.3) is 10.8 Å². The Labute approximate surface area is 154 Å². The lowest BCUT2D eigenvalue weighted by molar-refractivity contribution is 0.273. The molecule has 0 bridgehead atoms. The molecule has 0 heterocycles. The van der Waals surface area contributed by atoms with Crippen LogP contribution in [0.1, 0.15) is 24.3 Å². The Morgan fingerprint density at radius 2 is 1.54 bits per heavy atom. The molecule has 4 nitrogen and oxygen atoms in total. The predicted octanol–water partition coefficient (Wildman–Crippen LogP) is 3.67. The largest absolute Gasteiger partial charge is 0.396 e. The van der Waals surface area contributed by atoms with Crippen molar-refractivity contribution in [3.05, 3.63) is 78.4 Å². The van der Waals surface area contributed by atoms with Gasteiger partial charge in [-0.25, -0.2) is 13.1 Å². The highest BCUT2D eigenvalue weighted by molar-refractivity contribution is 7.89. The van der Waals surface area contributed by atoms with Crippen molar-refractivity contribution >= 4 is 20.8 Å². The molecule has 3 aromatic carbocycles. The molecule has 0 spiro atoms. The maximum atomic E-state index is 12.6. The first-order valence-electron chi connectivity index (χ1n) is 8.74. The van der Waals surface area contributed by atoms with Crippen molar-refractivity contribution in [1.29, 1.82) is 0 Å². The van der Waals surface area contributed by atoms with Crippen molar-refractivity contribution in [2.75, 3.05) is 13.2 Å². The molecule has 0 aromatic heterocycles. The van der Waals surface area contributed by atoms with Gasteiger partial charge in [0.2, 0.25) is 10.0 Å². The molecule has 0 aliphatic carbocycles. The molecule has 136 valence electrons. The van der Waals surface area contributed by atoms with Gasteiger partial charge in [0.15, 0.2) is 0 Å². The van der Waals surface area contributed by atoms with Crippen LogP contribution in [0.4, 0.5) is 0 Å². The fraction of sp³-hybridized carbons (Fsp3) is 0.238. The van der Waals surface area contributed by atoms with Crippen molar-refractivity contribution in [2.45, 2.75) is 23.7 Å². The summed E-state index contributed by atoms with van der Waals surface area (Å²) in [5.74, 6) is 0.125.